The number of methoxy groups -OCH3 is 1. The molecule has 0 heterocycles. The second kappa shape index (κ2) is 7.13. The van der Waals surface area contributed by atoms with Crippen molar-refractivity contribution in [3.05, 3.63) is 52.8 Å². The normalized spacial score (nSPS) is 10.2. The maximum Gasteiger partial charge on any atom is 0.255 e. The Bertz CT molecular complexity index is 691. The van der Waals surface area contributed by atoms with Gasteiger partial charge in [0.25, 0.3) is 5.91 Å². The van der Waals surface area contributed by atoms with Gasteiger partial charge in [-0.3, -0.25) is 4.79 Å². The third kappa shape index (κ3) is 3.68. The smallest absolute Gasteiger partial charge is 0.255 e. The quantitative estimate of drug-likeness (QED) is 0.899. The summed E-state index contributed by atoms with van der Waals surface area (Å²) in [7, 11) is 1.53. The van der Waals surface area contributed by atoms with Crippen LogP contribution in [0.15, 0.2) is 36.4 Å². The Morgan fingerprint density at radius 2 is 2.00 bits per heavy atom. The third-order valence-electron chi connectivity index (χ3n) is 2.90. The highest BCUT2D eigenvalue weighted by molar-refractivity contribution is 6.31. The highest BCUT2D eigenvalue weighted by atomic mass is 35.5. The standard InChI is InChI=1S/C16H15ClFNO3/c1-3-22-15-8-10(4-7-14(15)21-2)16(20)19-11-5-6-13(18)12(17)9-11/h4-9H,3H2,1-2H3,(H,19,20). The van der Waals surface area contributed by atoms with E-state index in [2.05, 4.69) is 5.32 Å². The first-order valence-corrected chi connectivity index (χ1v) is 7.00. The van der Waals surface area contributed by atoms with Crippen LogP contribution >= 0.6 is 11.6 Å². The average molecular weight is 324 g/mol. The minimum atomic E-state index is -0.539. The number of hydrogen-bond donors (Lipinski definition) is 1. The molecule has 1 N–H and O–H groups in total. The molecule has 0 aromatic heterocycles. The van der Waals surface area contributed by atoms with Crippen molar-refractivity contribution in [2.45, 2.75) is 6.92 Å². The summed E-state index contributed by atoms with van der Waals surface area (Å²) in [6, 6.07) is 8.83. The van der Waals surface area contributed by atoms with Crippen molar-refractivity contribution in [1.29, 1.82) is 0 Å². The summed E-state index contributed by atoms with van der Waals surface area (Å²) in [6.07, 6.45) is 0. The molecular weight excluding hydrogens is 309 g/mol. The van der Waals surface area contributed by atoms with E-state index in [0.717, 1.165) is 0 Å². The molecule has 0 radical (unpaired) electrons. The summed E-state index contributed by atoms with van der Waals surface area (Å²) in [5.41, 5.74) is 0.801. The van der Waals surface area contributed by atoms with Crippen LogP contribution in [0.2, 0.25) is 5.02 Å². The number of nitrogens with one attached hydrogen (secondary N) is 1. The zero-order chi connectivity index (χ0) is 16.1. The Balaban J connectivity index is 2.21. The Kier molecular flexibility index (Phi) is 5.22. The molecule has 0 fully saturated rings. The van der Waals surface area contributed by atoms with Crippen LogP contribution in [0.3, 0.4) is 0 Å². The van der Waals surface area contributed by atoms with Gasteiger partial charge < -0.3 is 14.8 Å². The first-order chi connectivity index (χ1) is 10.5. The Morgan fingerprint density at radius 3 is 2.64 bits per heavy atom. The highest BCUT2D eigenvalue weighted by Gasteiger charge is 2.12. The van der Waals surface area contributed by atoms with Crippen LogP contribution in [0.5, 0.6) is 11.5 Å². The van der Waals surface area contributed by atoms with Gasteiger partial charge in [-0.05, 0) is 43.3 Å². The molecule has 2 aromatic carbocycles. The summed E-state index contributed by atoms with van der Waals surface area (Å²) in [6.45, 7) is 2.29. The number of amides is 1. The monoisotopic (exact) mass is 323 g/mol. The van der Waals surface area contributed by atoms with Gasteiger partial charge in [-0.15, -0.1) is 0 Å². The number of rotatable bonds is 5. The van der Waals surface area contributed by atoms with Crippen molar-refractivity contribution in [2.24, 2.45) is 0 Å². The molecule has 0 bridgehead atoms. The van der Waals surface area contributed by atoms with Crippen molar-refractivity contribution in [3.63, 3.8) is 0 Å². The zero-order valence-electron chi connectivity index (χ0n) is 12.2. The molecule has 0 aliphatic heterocycles. The van der Waals surface area contributed by atoms with E-state index in [4.69, 9.17) is 21.1 Å². The third-order valence-corrected chi connectivity index (χ3v) is 3.19. The summed E-state index contributed by atoms with van der Waals surface area (Å²) >= 11 is 5.69. The van der Waals surface area contributed by atoms with Crippen LogP contribution in [0.25, 0.3) is 0 Å². The topological polar surface area (TPSA) is 47.6 Å². The first kappa shape index (κ1) is 16.1. The van der Waals surface area contributed by atoms with Gasteiger partial charge in [-0.1, -0.05) is 11.6 Å². The Labute approximate surface area is 132 Å². The van der Waals surface area contributed by atoms with E-state index < -0.39 is 5.82 Å². The molecule has 0 spiro atoms. The van der Waals surface area contributed by atoms with E-state index in [9.17, 15) is 9.18 Å². The fourth-order valence-corrected chi connectivity index (χ4v) is 2.04. The molecule has 0 aliphatic rings. The predicted molar refractivity (Wildman–Crippen MR) is 83.5 cm³/mol. The molecule has 0 saturated heterocycles. The summed E-state index contributed by atoms with van der Waals surface area (Å²) in [4.78, 5) is 12.2. The summed E-state index contributed by atoms with van der Waals surface area (Å²) in [5.74, 6) is 0.132. The van der Waals surface area contributed by atoms with E-state index in [0.29, 0.717) is 29.4 Å². The van der Waals surface area contributed by atoms with Gasteiger partial charge in [-0.2, -0.15) is 0 Å². The molecule has 4 nitrogen and oxygen atoms in total. The lowest BCUT2D eigenvalue weighted by molar-refractivity contribution is 0.102. The molecule has 6 heteroatoms. The van der Waals surface area contributed by atoms with Gasteiger partial charge in [0.2, 0.25) is 0 Å². The van der Waals surface area contributed by atoms with Crippen molar-refractivity contribution < 1.29 is 18.7 Å². The van der Waals surface area contributed by atoms with Gasteiger partial charge in [-0.25, -0.2) is 4.39 Å². The minimum absolute atomic E-state index is 0.0532. The Morgan fingerprint density at radius 1 is 1.23 bits per heavy atom. The van der Waals surface area contributed by atoms with Crippen molar-refractivity contribution in [2.75, 3.05) is 19.0 Å². The molecule has 116 valence electrons. The molecule has 1 amide bonds. The van der Waals surface area contributed by atoms with Crippen LogP contribution in [0, 0.1) is 5.82 Å². The number of carbonyl (C=O) groups excluding carboxylic acids is 1. The van der Waals surface area contributed by atoms with Gasteiger partial charge in [0.05, 0.1) is 18.7 Å². The Hall–Kier alpha value is -2.27. The lowest BCUT2D eigenvalue weighted by Crippen LogP contribution is -2.12. The van der Waals surface area contributed by atoms with Gasteiger partial charge in [0, 0.05) is 11.3 Å². The minimum Gasteiger partial charge on any atom is -0.493 e. The molecular formula is C16H15ClFNO3. The second-order valence-corrected chi connectivity index (χ2v) is 4.79. The van der Waals surface area contributed by atoms with E-state index >= 15 is 0 Å². The van der Waals surface area contributed by atoms with E-state index in [1.165, 1.54) is 25.3 Å². The number of anilines is 1. The maximum absolute atomic E-state index is 13.1. The summed E-state index contributed by atoms with van der Waals surface area (Å²) in [5, 5.41) is 2.59. The summed E-state index contributed by atoms with van der Waals surface area (Å²) < 4.78 is 23.7. The molecule has 0 unspecified atom stereocenters. The maximum atomic E-state index is 13.1. The largest absolute Gasteiger partial charge is 0.493 e. The lowest BCUT2D eigenvalue weighted by Gasteiger charge is -2.11. The predicted octanol–water partition coefficient (Wildman–Crippen LogP) is 4.14. The number of halogens is 2. The molecule has 2 aromatic rings. The highest BCUT2D eigenvalue weighted by Crippen LogP contribution is 2.28. The fraction of sp³-hybridized carbons (Fsp3) is 0.188. The number of carbonyl (C=O) groups is 1. The van der Waals surface area contributed by atoms with Crippen LogP contribution in [0.4, 0.5) is 10.1 Å². The SMILES string of the molecule is CCOc1cc(C(=O)Nc2ccc(F)c(Cl)c2)ccc1OC. The van der Waals surface area contributed by atoms with E-state index in [-0.39, 0.29) is 10.9 Å². The van der Waals surface area contributed by atoms with Gasteiger partial charge in [0.1, 0.15) is 5.82 Å². The van der Waals surface area contributed by atoms with Crippen molar-refractivity contribution in [3.8, 4) is 11.5 Å². The zero-order valence-corrected chi connectivity index (χ0v) is 12.9. The second-order valence-electron chi connectivity index (χ2n) is 4.38. The molecule has 0 atom stereocenters. The lowest BCUT2D eigenvalue weighted by atomic mass is 10.2. The molecule has 2 rings (SSSR count). The van der Waals surface area contributed by atoms with Gasteiger partial charge >= 0.3 is 0 Å². The van der Waals surface area contributed by atoms with Crippen LogP contribution in [-0.2, 0) is 0 Å². The van der Waals surface area contributed by atoms with E-state index in [1.807, 2.05) is 6.92 Å². The van der Waals surface area contributed by atoms with E-state index in [1.54, 1.807) is 18.2 Å². The number of ether oxygens (including phenoxy) is 2. The molecule has 0 saturated carbocycles. The van der Waals surface area contributed by atoms with Crippen LogP contribution < -0.4 is 14.8 Å². The van der Waals surface area contributed by atoms with Crippen LogP contribution in [0.1, 0.15) is 17.3 Å². The van der Waals surface area contributed by atoms with Crippen molar-refractivity contribution >= 4 is 23.2 Å². The average Bonchev–Trinajstić information content (AvgIpc) is 2.51. The van der Waals surface area contributed by atoms with Crippen molar-refractivity contribution in [1.82, 2.24) is 0 Å². The number of benzene rings is 2. The molecule has 22 heavy (non-hydrogen) atoms. The van der Waals surface area contributed by atoms with Gasteiger partial charge in [0.15, 0.2) is 11.5 Å². The first-order valence-electron chi connectivity index (χ1n) is 6.62. The van der Waals surface area contributed by atoms with Crippen LogP contribution in [-0.4, -0.2) is 19.6 Å². The number of hydrogen-bond acceptors (Lipinski definition) is 3. The fourth-order valence-electron chi connectivity index (χ4n) is 1.86. The molecule has 0 aliphatic carbocycles.